The Kier molecular flexibility index (Phi) is 2.64. The third kappa shape index (κ3) is 1.96. The van der Waals surface area contributed by atoms with Crippen LogP contribution in [-0.4, -0.2) is 26.5 Å². The Hall–Kier alpha value is -1.33. The largest absolute Gasteiger partial charge is 0.441 e. The number of furan rings is 1. The average molecular weight is 254 g/mol. The quantitative estimate of drug-likeness (QED) is 0.886. The normalized spacial score (nSPS) is 19.3. The SMILES string of the molecule is OCC1CCn2nc(-c3ccc(Cl)o3)nc2C1. The number of nitrogens with zero attached hydrogens (tertiary/aromatic N) is 3. The van der Waals surface area contributed by atoms with Crippen LogP contribution in [0.25, 0.3) is 11.6 Å². The molecule has 3 heterocycles. The Morgan fingerprint density at radius 1 is 1.53 bits per heavy atom. The first kappa shape index (κ1) is 10.8. The lowest BCUT2D eigenvalue weighted by atomic mass is 9.99. The summed E-state index contributed by atoms with van der Waals surface area (Å²) < 4.78 is 7.15. The standard InChI is InChI=1S/C11H12ClN3O2/c12-9-2-1-8(17-9)11-13-10-5-7(6-16)3-4-15(10)14-11/h1-2,7,16H,3-6H2. The maximum Gasteiger partial charge on any atom is 0.217 e. The smallest absolute Gasteiger partial charge is 0.217 e. The van der Waals surface area contributed by atoms with Gasteiger partial charge in [0.15, 0.2) is 11.0 Å². The highest BCUT2D eigenvalue weighted by Gasteiger charge is 2.22. The predicted octanol–water partition coefficient (Wildman–Crippen LogP) is 1.75. The number of aryl methyl sites for hydroxylation is 1. The lowest BCUT2D eigenvalue weighted by Gasteiger charge is -2.19. The molecular formula is C11H12ClN3O2. The molecular weight excluding hydrogens is 242 g/mol. The zero-order valence-corrected chi connectivity index (χ0v) is 9.89. The fourth-order valence-electron chi connectivity index (χ4n) is 2.06. The fraction of sp³-hybridized carbons (Fsp3) is 0.455. The molecule has 1 unspecified atom stereocenters. The van der Waals surface area contributed by atoms with Crippen LogP contribution in [0.2, 0.25) is 5.22 Å². The molecule has 0 aromatic carbocycles. The van der Waals surface area contributed by atoms with E-state index in [1.165, 1.54) is 0 Å². The van der Waals surface area contributed by atoms with Crippen molar-refractivity contribution in [3.63, 3.8) is 0 Å². The zero-order chi connectivity index (χ0) is 11.8. The van der Waals surface area contributed by atoms with Gasteiger partial charge in [0, 0.05) is 19.6 Å². The van der Waals surface area contributed by atoms with Gasteiger partial charge in [-0.15, -0.1) is 5.10 Å². The van der Waals surface area contributed by atoms with Gasteiger partial charge in [0.25, 0.3) is 0 Å². The Labute approximate surface area is 103 Å². The molecule has 1 aliphatic heterocycles. The first-order valence-electron chi connectivity index (χ1n) is 5.56. The number of fused-ring (bicyclic) bond motifs is 1. The summed E-state index contributed by atoms with van der Waals surface area (Å²) in [5.74, 6) is 2.33. The Morgan fingerprint density at radius 3 is 3.12 bits per heavy atom. The fourth-order valence-corrected chi connectivity index (χ4v) is 2.21. The van der Waals surface area contributed by atoms with Crippen molar-refractivity contribution in [2.45, 2.75) is 19.4 Å². The van der Waals surface area contributed by atoms with Crippen molar-refractivity contribution in [3.8, 4) is 11.6 Å². The van der Waals surface area contributed by atoms with E-state index >= 15 is 0 Å². The average Bonchev–Trinajstić information content (AvgIpc) is 2.93. The van der Waals surface area contributed by atoms with Crippen molar-refractivity contribution in [1.29, 1.82) is 0 Å². The van der Waals surface area contributed by atoms with E-state index in [4.69, 9.17) is 21.1 Å². The number of rotatable bonds is 2. The molecule has 2 aromatic rings. The van der Waals surface area contributed by atoms with E-state index in [2.05, 4.69) is 10.1 Å². The van der Waals surface area contributed by atoms with Crippen LogP contribution in [0.5, 0.6) is 0 Å². The molecule has 0 saturated heterocycles. The molecule has 0 aliphatic carbocycles. The van der Waals surface area contributed by atoms with Crippen LogP contribution in [0.3, 0.4) is 0 Å². The molecule has 3 rings (SSSR count). The lowest BCUT2D eigenvalue weighted by Crippen LogP contribution is -2.22. The second kappa shape index (κ2) is 4.16. The monoisotopic (exact) mass is 253 g/mol. The number of aliphatic hydroxyl groups excluding tert-OH is 1. The molecule has 0 radical (unpaired) electrons. The topological polar surface area (TPSA) is 64.1 Å². The highest BCUT2D eigenvalue weighted by Crippen LogP contribution is 2.25. The van der Waals surface area contributed by atoms with Gasteiger partial charge in [0.2, 0.25) is 5.82 Å². The van der Waals surface area contributed by atoms with Gasteiger partial charge in [-0.2, -0.15) is 0 Å². The second-order valence-corrected chi connectivity index (χ2v) is 4.59. The number of hydrogen-bond donors (Lipinski definition) is 1. The van der Waals surface area contributed by atoms with Crippen molar-refractivity contribution >= 4 is 11.6 Å². The molecule has 0 bridgehead atoms. The van der Waals surface area contributed by atoms with Crippen molar-refractivity contribution in [1.82, 2.24) is 14.8 Å². The molecule has 5 nitrogen and oxygen atoms in total. The van der Waals surface area contributed by atoms with Gasteiger partial charge in [0.05, 0.1) is 0 Å². The summed E-state index contributed by atoms with van der Waals surface area (Å²) in [4.78, 5) is 4.42. The zero-order valence-electron chi connectivity index (χ0n) is 9.14. The molecule has 1 atom stereocenters. The summed E-state index contributed by atoms with van der Waals surface area (Å²) in [5.41, 5.74) is 0. The van der Waals surface area contributed by atoms with E-state index in [1.807, 2.05) is 4.68 Å². The first-order valence-corrected chi connectivity index (χ1v) is 5.94. The van der Waals surface area contributed by atoms with Gasteiger partial charge in [-0.3, -0.25) is 0 Å². The van der Waals surface area contributed by atoms with Crippen molar-refractivity contribution in [3.05, 3.63) is 23.2 Å². The predicted molar refractivity (Wildman–Crippen MR) is 61.6 cm³/mol. The van der Waals surface area contributed by atoms with Gasteiger partial charge in [-0.05, 0) is 36.1 Å². The maximum absolute atomic E-state index is 9.15. The highest BCUT2D eigenvalue weighted by molar-refractivity contribution is 6.28. The van der Waals surface area contributed by atoms with Gasteiger partial charge >= 0.3 is 0 Å². The van der Waals surface area contributed by atoms with E-state index < -0.39 is 0 Å². The van der Waals surface area contributed by atoms with Crippen molar-refractivity contribution in [2.24, 2.45) is 5.92 Å². The van der Waals surface area contributed by atoms with Crippen LogP contribution in [0.15, 0.2) is 16.5 Å². The van der Waals surface area contributed by atoms with Crippen LogP contribution in [0.1, 0.15) is 12.2 Å². The highest BCUT2D eigenvalue weighted by atomic mass is 35.5. The molecule has 0 saturated carbocycles. The third-order valence-electron chi connectivity index (χ3n) is 3.02. The summed E-state index contributed by atoms with van der Waals surface area (Å²) in [6.45, 7) is 0.997. The minimum atomic E-state index is 0.203. The summed E-state index contributed by atoms with van der Waals surface area (Å²) in [7, 11) is 0. The Bertz CT molecular complexity index is 535. The third-order valence-corrected chi connectivity index (χ3v) is 3.22. The van der Waals surface area contributed by atoms with Crippen molar-refractivity contribution in [2.75, 3.05) is 6.61 Å². The van der Waals surface area contributed by atoms with Gasteiger partial charge < -0.3 is 9.52 Å². The van der Waals surface area contributed by atoms with Crippen molar-refractivity contribution < 1.29 is 9.52 Å². The number of aromatic nitrogens is 3. The van der Waals surface area contributed by atoms with E-state index in [0.29, 0.717) is 22.7 Å². The minimum Gasteiger partial charge on any atom is -0.441 e. The van der Waals surface area contributed by atoms with Crippen LogP contribution in [-0.2, 0) is 13.0 Å². The molecule has 1 N–H and O–H groups in total. The van der Waals surface area contributed by atoms with Crippen LogP contribution in [0.4, 0.5) is 0 Å². The maximum atomic E-state index is 9.15. The molecule has 2 aromatic heterocycles. The molecule has 90 valence electrons. The molecule has 17 heavy (non-hydrogen) atoms. The van der Waals surface area contributed by atoms with Gasteiger partial charge in [-0.1, -0.05) is 0 Å². The molecule has 0 spiro atoms. The minimum absolute atomic E-state index is 0.203. The van der Waals surface area contributed by atoms with E-state index in [-0.39, 0.29) is 6.61 Å². The summed E-state index contributed by atoms with van der Waals surface area (Å²) in [6, 6.07) is 3.43. The number of hydrogen-bond acceptors (Lipinski definition) is 4. The first-order chi connectivity index (χ1) is 8.26. The number of aliphatic hydroxyl groups is 1. The van der Waals surface area contributed by atoms with E-state index in [1.54, 1.807) is 12.1 Å². The lowest BCUT2D eigenvalue weighted by molar-refractivity contribution is 0.196. The Morgan fingerprint density at radius 2 is 2.41 bits per heavy atom. The second-order valence-electron chi connectivity index (χ2n) is 4.22. The van der Waals surface area contributed by atoms with Crippen LogP contribution >= 0.6 is 11.6 Å². The van der Waals surface area contributed by atoms with Crippen LogP contribution in [0, 0.1) is 5.92 Å². The Balaban J connectivity index is 1.92. The summed E-state index contributed by atoms with van der Waals surface area (Å²) in [6.07, 6.45) is 1.70. The molecule has 6 heteroatoms. The van der Waals surface area contributed by atoms with E-state index in [9.17, 15) is 0 Å². The van der Waals surface area contributed by atoms with Gasteiger partial charge in [0.1, 0.15) is 5.82 Å². The molecule has 0 amide bonds. The van der Waals surface area contributed by atoms with Gasteiger partial charge in [-0.25, -0.2) is 9.67 Å². The number of halogens is 1. The molecule has 0 fully saturated rings. The summed E-state index contributed by atoms with van der Waals surface area (Å²) >= 11 is 5.72. The summed E-state index contributed by atoms with van der Waals surface area (Å²) in [5, 5.41) is 13.9. The van der Waals surface area contributed by atoms with E-state index in [0.717, 1.165) is 25.2 Å². The molecule has 1 aliphatic rings. The van der Waals surface area contributed by atoms with Crippen LogP contribution < -0.4 is 0 Å².